The van der Waals surface area contributed by atoms with E-state index >= 15 is 0 Å². The molecule has 31 heavy (non-hydrogen) atoms. The standard InChI is InChI=1S/C22H32N4O3S2/c1-14(2)11-26(18-7-10-31(28,29)12-18)22(27)17-5-8-25(9-6-17)20-19-15(3)16(4)30-21(19)24-13-23-20/h13-14,17-18H,5-12H2,1-4H3. The van der Waals surface area contributed by atoms with Crippen molar-refractivity contribution in [1.82, 2.24) is 14.9 Å². The van der Waals surface area contributed by atoms with Gasteiger partial charge < -0.3 is 9.80 Å². The number of carbonyl (C=O) groups excluding carboxylic acids is 1. The zero-order valence-electron chi connectivity index (χ0n) is 18.8. The van der Waals surface area contributed by atoms with Gasteiger partial charge in [-0.2, -0.15) is 0 Å². The van der Waals surface area contributed by atoms with E-state index in [1.54, 1.807) is 17.7 Å². The molecule has 0 aromatic carbocycles. The molecule has 0 radical (unpaired) electrons. The molecular weight excluding hydrogens is 432 g/mol. The van der Waals surface area contributed by atoms with E-state index in [-0.39, 0.29) is 29.4 Å². The molecule has 2 fully saturated rings. The number of piperidine rings is 1. The molecule has 2 aromatic rings. The zero-order valence-corrected chi connectivity index (χ0v) is 20.4. The van der Waals surface area contributed by atoms with Crippen LogP contribution >= 0.6 is 11.3 Å². The molecule has 4 heterocycles. The highest BCUT2D eigenvalue weighted by Crippen LogP contribution is 2.36. The summed E-state index contributed by atoms with van der Waals surface area (Å²) in [6.07, 6.45) is 3.73. The predicted molar refractivity (Wildman–Crippen MR) is 125 cm³/mol. The molecule has 170 valence electrons. The summed E-state index contributed by atoms with van der Waals surface area (Å²) >= 11 is 1.70. The van der Waals surface area contributed by atoms with Gasteiger partial charge in [0.1, 0.15) is 17.0 Å². The fourth-order valence-corrected chi connectivity index (χ4v) is 7.53. The number of fused-ring (bicyclic) bond motifs is 1. The Kier molecular flexibility index (Phi) is 6.27. The molecule has 1 unspecified atom stereocenters. The Morgan fingerprint density at radius 2 is 1.94 bits per heavy atom. The van der Waals surface area contributed by atoms with Crippen molar-refractivity contribution < 1.29 is 13.2 Å². The molecule has 0 saturated carbocycles. The Hall–Kier alpha value is -1.74. The van der Waals surface area contributed by atoms with Crippen LogP contribution in [0.5, 0.6) is 0 Å². The third kappa shape index (κ3) is 4.58. The molecule has 1 amide bonds. The van der Waals surface area contributed by atoms with Crippen LogP contribution in [0.3, 0.4) is 0 Å². The van der Waals surface area contributed by atoms with Crippen LogP contribution in [0.2, 0.25) is 0 Å². The maximum Gasteiger partial charge on any atom is 0.226 e. The van der Waals surface area contributed by atoms with Crippen LogP contribution in [-0.4, -0.2) is 66.4 Å². The molecule has 2 saturated heterocycles. The van der Waals surface area contributed by atoms with Crippen molar-refractivity contribution in [3.05, 3.63) is 16.8 Å². The van der Waals surface area contributed by atoms with Gasteiger partial charge in [0.2, 0.25) is 5.91 Å². The summed E-state index contributed by atoms with van der Waals surface area (Å²) in [6.45, 7) is 10.6. The van der Waals surface area contributed by atoms with Gasteiger partial charge in [-0.3, -0.25) is 4.79 Å². The third-order valence-corrected chi connectivity index (χ3v) is 9.45. The molecule has 4 rings (SSSR count). The lowest BCUT2D eigenvalue weighted by Gasteiger charge is -2.37. The van der Waals surface area contributed by atoms with Gasteiger partial charge in [0.15, 0.2) is 9.84 Å². The number of amides is 1. The number of thiophene rings is 1. The molecule has 0 bridgehead atoms. The van der Waals surface area contributed by atoms with E-state index in [1.807, 2.05) is 4.90 Å². The van der Waals surface area contributed by atoms with Crippen molar-refractivity contribution in [2.75, 3.05) is 36.0 Å². The normalized spacial score (nSPS) is 21.8. The van der Waals surface area contributed by atoms with E-state index < -0.39 is 9.84 Å². The fraction of sp³-hybridized carbons (Fsp3) is 0.682. The molecule has 0 N–H and O–H groups in total. The Bertz CT molecular complexity index is 1070. The van der Waals surface area contributed by atoms with Crippen LogP contribution in [0.25, 0.3) is 10.2 Å². The molecule has 0 aliphatic carbocycles. The van der Waals surface area contributed by atoms with Gasteiger partial charge >= 0.3 is 0 Å². The lowest BCUT2D eigenvalue weighted by molar-refractivity contribution is -0.138. The number of hydrogen-bond acceptors (Lipinski definition) is 7. The monoisotopic (exact) mass is 464 g/mol. The molecule has 7 nitrogen and oxygen atoms in total. The van der Waals surface area contributed by atoms with Gasteiger partial charge in [-0.1, -0.05) is 13.8 Å². The number of aromatic nitrogens is 2. The van der Waals surface area contributed by atoms with Crippen molar-refractivity contribution >= 4 is 43.1 Å². The van der Waals surface area contributed by atoms with E-state index in [2.05, 4.69) is 42.6 Å². The summed E-state index contributed by atoms with van der Waals surface area (Å²) < 4.78 is 24.0. The van der Waals surface area contributed by atoms with Gasteiger partial charge in [0.25, 0.3) is 0 Å². The van der Waals surface area contributed by atoms with Crippen LogP contribution in [0.4, 0.5) is 5.82 Å². The van der Waals surface area contributed by atoms with E-state index in [1.165, 1.54) is 10.4 Å². The highest BCUT2D eigenvalue weighted by atomic mass is 32.2. The SMILES string of the molecule is Cc1sc2ncnc(N3CCC(C(=O)N(CC(C)C)C4CCS(=O)(=O)C4)CC3)c2c1C. The number of hydrogen-bond donors (Lipinski definition) is 0. The summed E-state index contributed by atoms with van der Waals surface area (Å²) in [5.74, 6) is 1.66. The molecule has 9 heteroatoms. The van der Waals surface area contributed by atoms with E-state index in [0.717, 1.165) is 42.0 Å². The van der Waals surface area contributed by atoms with Crippen LogP contribution in [0.1, 0.15) is 43.6 Å². The number of carbonyl (C=O) groups is 1. The van der Waals surface area contributed by atoms with E-state index in [9.17, 15) is 13.2 Å². The fourth-order valence-electron chi connectivity index (χ4n) is 4.81. The Balaban J connectivity index is 1.48. The maximum atomic E-state index is 13.4. The Morgan fingerprint density at radius 1 is 1.23 bits per heavy atom. The smallest absolute Gasteiger partial charge is 0.226 e. The Labute approximate surface area is 188 Å². The summed E-state index contributed by atoms with van der Waals surface area (Å²) in [7, 11) is -3.02. The van der Waals surface area contributed by atoms with Crippen LogP contribution < -0.4 is 4.90 Å². The van der Waals surface area contributed by atoms with Gasteiger partial charge in [-0.05, 0) is 44.6 Å². The quantitative estimate of drug-likeness (QED) is 0.676. The largest absolute Gasteiger partial charge is 0.356 e. The minimum Gasteiger partial charge on any atom is -0.356 e. The first kappa shape index (κ1) is 22.5. The number of aryl methyl sites for hydroxylation is 2. The second-order valence-corrected chi connectivity index (χ2v) is 12.8. The maximum absolute atomic E-state index is 13.4. The lowest BCUT2D eigenvalue weighted by Crippen LogP contribution is -2.48. The van der Waals surface area contributed by atoms with Crippen molar-refractivity contribution in [3.8, 4) is 0 Å². The van der Waals surface area contributed by atoms with Crippen molar-refractivity contribution in [1.29, 1.82) is 0 Å². The number of anilines is 1. The average molecular weight is 465 g/mol. The minimum atomic E-state index is -3.02. The van der Waals surface area contributed by atoms with Gasteiger partial charge in [0, 0.05) is 36.5 Å². The molecular formula is C22H32N4O3S2. The number of sulfone groups is 1. The summed E-state index contributed by atoms with van der Waals surface area (Å²) in [4.78, 5) is 28.9. The van der Waals surface area contributed by atoms with E-state index in [4.69, 9.17) is 0 Å². The molecule has 2 aliphatic rings. The first-order valence-corrected chi connectivity index (χ1v) is 13.8. The van der Waals surface area contributed by atoms with Crippen molar-refractivity contribution in [3.63, 3.8) is 0 Å². The van der Waals surface area contributed by atoms with Crippen molar-refractivity contribution in [2.24, 2.45) is 11.8 Å². The van der Waals surface area contributed by atoms with Crippen LogP contribution in [0.15, 0.2) is 6.33 Å². The number of rotatable bonds is 5. The predicted octanol–water partition coefficient (Wildman–Crippen LogP) is 3.20. The van der Waals surface area contributed by atoms with Crippen LogP contribution in [-0.2, 0) is 14.6 Å². The van der Waals surface area contributed by atoms with Crippen molar-refractivity contribution in [2.45, 2.75) is 53.0 Å². The van der Waals surface area contributed by atoms with Crippen LogP contribution in [0, 0.1) is 25.7 Å². The first-order chi connectivity index (χ1) is 14.7. The summed E-state index contributed by atoms with van der Waals surface area (Å²) in [5.41, 5.74) is 1.24. The molecule has 2 aromatic heterocycles. The van der Waals surface area contributed by atoms with Gasteiger partial charge in [-0.15, -0.1) is 11.3 Å². The second-order valence-electron chi connectivity index (χ2n) is 9.36. The van der Waals surface area contributed by atoms with E-state index in [0.29, 0.717) is 18.9 Å². The second kappa shape index (κ2) is 8.65. The summed E-state index contributed by atoms with van der Waals surface area (Å²) in [5, 5.41) is 1.13. The molecule has 1 atom stereocenters. The van der Waals surface area contributed by atoms with Gasteiger partial charge in [0.05, 0.1) is 16.9 Å². The molecule has 2 aliphatic heterocycles. The average Bonchev–Trinajstić information content (AvgIpc) is 3.24. The topological polar surface area (TPSA) is 83.5 Å². The van der Waals surface area contributed by atoms with Gasteiger partial charge in [-0.25, -0.2) is 18.4 Å². The Morgan fingerprint density at radius 3 is 2.55 bits per heavy atom. The molecule has 0 spiro atoms. The summed E-state index contributed by atoms with van der Waals surface area (Å²) in [6, 6.07) is -0.171. The zero-order chi connectivity index (χ0) is 22.3. The highest BCUT2D eigenvalue weighted by molar-refractivity contribution is 7.91. The number of nitrogens with zero attached hydrogens (tertiary/aromatic N) is 4. The first-order valence-electron chi connectivity index (χ1n) is 11.1. The minimum absolute atomic E-state index is 0.0547. The third-order valence-electron chi connectivity index (χ3n) is 6.58. The lowest BCUT2D eigenvalue weighted by atomic mass is 9.93. The highest BCUT2D eigenvalue weighted by Gasteiger charge is 2.38.